The van der Waals surface area contributed by atoms with Crippen LogP contribution in [0, 0.1) is 0 Å². The van der Waals surface area contributed by atoms with Crippen molar-refractivity contribution in [1.82, 2.24) is 10.6 Å². The molecule has 4 rings (SSSR count). The summed E-state index contributed by atoms with van der Waals surface area (Å²) in [7, 11) is 0. The monoisotopic (exact) mass is 360 g/mol. The summed E-state index contributed by atoms with van der Waals surface area (Å²) in [5.74, 6) is -0.674. The highest BCUT2D eigenvalue weighted by atomic mass is 16.6. The van der Waals surface area contributed by atoms with E-state index >= 15 is 0 Å². The number of carbonyl (C=O) groups is 1. The van der Waals surface area contributed by atoms with Crippen molar-refractivity contribution < 1.29 is 30.0 Å². The second-order valence-electron chi connectivity index (χ2n) is 6.66. The number of fused-ring (bicyclic) bond motifs is 1. The maximum absolute atomic E-state index is 12.6. The highest BCUT2D eigenvalue weighted by Gasteiger charge is 2.61. The lowest BCUT2D eigenvalue weighted by molar-refractivity contribution is -0.270. The number of hydrogen-bond acceptors (Lipinski definition) is 7. The van der Waals surface area contributed by atoms with Gasteiger partial charge in [-0.25, -0.2) is 0 Å². The zero-order valence-electron chi connectivity index (χ0n) is 13.7. The van der Waals surface area contributed by atoms with Crippen LogP contribution in [0.4, 0.5) is 0 Å². The van der Waals surface area contributed by atoms with E-state index in [1.54, 1.807) is 0 Å². The van der Waals surface area contributed by atoms with Crippen molar-refractivity contribution in [3.8, 4) is 0 Å². The Bertz CT molecular complexity index is 843. The molecule has 2 saturated heterocycles. The highest BCUT2D eigenvalue weighted by molar-refractivity contribution is 5.89. The molecule has 1 unspecified atom stereocenters. The fraction of sp³-hybridized carbons (Fsp3) is 0.389. The molecule has 0 aromatic heterocycles. The van der Waals surface area contributed by atoms with E-state index in [9.17, 15) is 25.2 Å². The van der Waals surface area contributed by atoms with Crippen molar-refractivity contribution in [3.05, 3.63) is 48.0 Å². The third kappa shape index (κ3) is 2.50. The van der Waals surface area contributed by atoms with E-state index in [1.807, 2.05) is 42.5 Å². The van der Waals surface area contributed by atoms with E-state index in [2.05, 4.69) is 10.6 Å². The lowest BCUT2D eigenvalue weighted by atomic mass is 9.90. The maximum atomic E-state index is 12.6. The topological polar surface area (TPSA) is 131 Å². The Morgan fingerprint density at radius 2 is 1.77 bits per heavy atom. The van der Waals surface area contributed by atoms with E-state index in [0.717, 1.165) is 16.3 Å². The molecule has 1 spiro atoms. The third-order valence-corrected chi connectivity index (χ3v) is 5.07. The summed E-state index contributed by atoms with van der Waals surface area (Å²) in [4.78, 5) is 12.6. The van der Waals surface area contributed by atoms with Gasteiger partial charge in [0, 0.05) is 0 Å². The van der Waals surface area contributed by atoms with Gasteiger partial charge >= 0.3 is 0 Å². The molecule has 2 aliphatic heterocycles. The van der Waals surface area contributed by atoms with Crippen molar-refractivity contribution in [2.75, 3.05) is 6.61 Å². The van der Waals surface area contributed by atoms with Crippen molar-refractivity contribution in [3.63, 3.8) is 0 Å². The Hall–Kier alpha value is -2.07. The van der Waals surface area contributed by atoms with E-state index in [1.165, 1.54) is 0 Å². The van der Waals surface area contributed by atoms with Crippen molar-refractivity contribution in [2.45, 2.75) is 36.3 Å². The van der Waals surface area contributed by atoms with Gasteiger partial charge < -0.3 is 30.5 Å². The molecular weight excluding hydrogens is 340 g/mol. The number of ether oxygens (including phenoxy) is 1. The molecule has 0 bridgehead atoms. The number of aliphatic hydroxyl groups is 4. The standard InChI is InChI=1S/C18H20N2O6/c21-8-12-13(22)14(23)15(24)18(26-12)17(25)19-16(20-18)11-6-5-9-3-1-2-4-10(9)7-11/h1-7,12-16,20-24H,8H2,(H,19,25)/t12-,13-,14+,15-,16?,18+/m1/s1. The Labute approximate surface area is 149 Å². The van der Waals surface area contributed by atoms with Crippen molar-refractivity contribution in [2.24, 2.45) is 0 Å². The first-order valence-electron chi connectivity index (χ1n) is 8.36. The van der Waals surface area contributed by atoms with Crippen LogP contribution >= 0.6 is 0 Å². The second kappa shape index (κ2) is 6.27. The summed E-state index contributed by atoms with van der Waals surface area (Å²) in [6.45, 7) is -0.609. The number of nitrogens with one attached hydrogen (secondary N) is 2. The van der Waals surface area contributed by atoms with Gasteiger partial charge in [0.2, 0.25) is 5.72 Å². The molecule has 0 aliphatic carbocycles. The quantitative estimate of drug-likeness (QED) is 0.394. The van der Waals surface area contributed by atoms with Crippen LogP contribution in [-0.4, -0.2) is 63.1 Å². The van der Waals surface area contributed by atoms with Gasteiger partial charge in [0.25, 0.3) is 5.91 Å². The number of carbonyl (C=O) groups excluding carboxylic acids is 1. The first kappa shape index (κ1) is 17.3. The van der Waals surface area contributed by atoms with Gasteiger partial charge in [0.05, 0.1) is 6.61 Å². The zero-order valence-corrected chi connectivity index (χ0v) is 13.7. The van der Waals surface area contributed by atoms with E-state index in [0.29, 0.717) is 0 Å². The molecule has 2 heterocycles. The van der Waals surface area contributed by atoms with Crippen LogP contribution < -0.4 is 10.6 Å². The van der Waals surface area contributed by atoms with Crippen LogP contribution in [0.2, 0.25) is 0 Å². The lowest BCUT2D eigenvalue weighted by Crippen LogP contribution is -2.71. The largest absolute Gasteiger partial charge is 0.394 e. The Morgan fingerprint density at radius 1 is 1.04 bits per heavy atom. The molecule has 2 aromatic rings. The molecule has 8 heteroatoms. The van der Waals surface area contributed by atoms with Crippen LogP contribution in [0.5, 0.6) is 0 Å². The maximum Gasteiger partial charge on any atom is 0.272 e. The number of amides is 1. The Kier molecular flexibility index (Phi) is 4.19. The van der Waals surface area contributed by atoms with Gasteiger partial charge in [0.15, 0.2) is 0 Å². The predicted molar refractivity (Wildman–Crippen MR) is 90.7 cm³/mol. The average Bonchev–Trinajstić information content (AvgIpc) is 3.00. The van der Waals surface area contributed by atoms with E-state index < -0.39 is 48.8 Å². The first-order chi connectivity index (χ1) is 12.5. The van der Waals surface area contributed by atoms with Crippen LogP contribution in [0.1, 0.15) is 11.7 Å². The van der Waals surface area contributed by atoms with Gasteiger partial charge in [-0.3, -0.25) is 10.1 Å². The minimum Gasteiger partial charge on any atom is -0.394 e. The van der Waals surface area contributed by atoms with Crippen LogP contribution in [0.3, 0.4) is 0 Å². The zero-order chi connectivity index (χ0) is 18.5. The third-order valence-electron chi connectivity index (χ3n) is 5.07. The summed E-state index contributed by atoms with van der Waals surface area (Å²) in [6, 6.07) is 13.4. The minimum absolute atomic E-state index is 0.609. The Morgan fingerprint density at radius 3 is 2.50 bits per heavy atom. The highest BCUT2D eigenvalue weighted by Crippen LogP contribution is 2.34. The summed E-state index contributed by atoms with van der Waals surface area (Å²) < 4.78 is 5.50. The lowest BCUT2D eigenvalue weighted by Gasteiger charge is -2.45. The minimum atomic E-state index is -1.96. The average molecular weight is 360 g/mol. The van der Waals surface area contributed by atoms with Crippen molar-refractivity contribution in [1.29, 1.82) is 0 Å². The number of rotatable bonds is 2. The summed E-state index contributed by atoms with van der Waals surface area (Å²) in [6.07, 6.45) is -6.72. The van der Waals surface area contributed by atoms with Crippen LogP contribution in [0.15, 0.2) is 42.5 Å². The number of hydrogen-bond donors (Lipinski definition) is 6. The van der Waals surface area contributed by atoms with Crippen LogP contribution in [-0.2, 0) is 9.53 Å². The van der Waals surface area contributed by atoms with Gasteiger partial charge in [-0.2, -0.15) is 0 Å². The van der Waals surface area contributed by atoms with Crippen LogP contribution in [0.25, 0.3) is 10.8 Å². The smallest absolute Gasteiger partial charge is 0.272 e. The first-order valence-corrected chi connectivity index (χ1v) is 8.36. The fourth-order valence-electron chi connectivity index (χ4n) is 3.59. The number of benzene rings is 2. The Balaban J connectivity index is 1.67. The molecular formula is C18H20N2O6. The van der Waals surface area contributed by atoms with Crippen molar-refractivity contribution >= 4 is 16.7 Å². The van der Waals surface area contributed by atoms with Gasteiger partial charge in [-0.05, 0) is 22.4 Å². The second-order valence-corrected chi connectivity index (χ2v) is 6.66. The van der Waals surface area contributed by atoms with Gasteiger partial charge in [-0.15, -0.1) is 0 Å². The molecule has 8 nitrogen and oxygen atoms in total. The molecule has 0 radical (unpaired) electrons. The van der Waals surface area contributed by atoms with Gasteiger partial charge in [0.1, 0.15) is 30.6 Å². The number of aliphatic hydroxyl groups excluding tert-OH is 4. The molecule has 1 amide bonds. The summed E-state index contributed by atoms with van der Waals surface area (Å²) in [5.41, 5.74) is -1.21. The molecule has 6 atom stereocenters. The molecule has 2 aliphatic rings. The molecule has 2 aromatic carbocycles. The SMILES string of the molecule is O=C1NC(c2ccc3ccccc3c2)N[C@@]12O[C@H](CO)[C@@H](O)[C@H](O)[C@H]2O. The summed E-state index contributed by atoms with van der Waals surface area (Å²) >= 11 is 0. The van der Waals surface area contributed by atoms with E-state index in [4.69, 9.17) is 4.74 Å². The van der Waals surface area contributed by atoms with Gasteiger partial charge in [-0.1, -0.05) is 36.4 Å². The normalized spacial score (nSPS) is 37.2. The molecule has 138 valence electrons. The fourth-order valence-corrected chi connectivity index (χ4v) is 3.59. The molecule has 6 N–H and O–H groups in total. The molecule has 2 fully saturated rings. The van der Waals surface area contributed by atoms with E-state index in [-0.39, 0.29) is 0 Å². The predicted octanol–water partition coefficient (Wildman–Crippen LogP) is -1.27. The molecule has 26 heavy (non-hydrogen) atoms. The summed E-state index contributed by atoms with van der Waals surface area (Å²) in [5, 5.41) is 47.3. The molecule has 0 saturated carbocycles.